The zero-order chi connectivity index (χ0) is 22.5. The van der Waals surface area contributed by atoms with E-state index >= 15 is 0 Å². The quantitative estimate of drug-likeness (QED) is 0.227. The molecule has 1 heterocycles. The smallest absolute Gasteiger partial charge is 0.341 e. The van der Waals surface area contributed by atoms with Gasteiger partial charge in [-0.2, -0.15) is 5.10 Å². The number of rotatable bonds is 6. The molecule has 0 atom stereocenters. The lowest BCUT2D eigenvalue weighted by atomic mass is 10.0. The Balaban J connectivity index is 1.80. The second-order valence-electron chi connectivity index (χ2n) is 6.58. The van der Waals surface area contributed by atoms with Gasteiger partial charge in [-0.25, -0.2) is 15.0 Å². The van der Waals surface area contributed by atoms with E-state index in [2.05, 4.69) is 15.8 Å². The molecule has 160 valence electrons. The van der Waals surface area contributed by atoms with Crippen molar-refractivity contribution in [3.8, 4) is 5.75 Å². The number of urea groups is 1. The first-order valence-electron chi connectivity index (χ1n) is 9.45. The molecule has 0 unspecified atom stereocenters. The number of amides is 2. The molecule has 0 spiro atoms. The molecule has 2 aromatic carbocycles. The molecule has 0 aliphatic heterocycles. The van der Waals surface area contributed by atoms with Gasteiger partial charge < -0.3 is 9.84 Å². The predicted molar refractivity (Wildman–Crippen MR) is 120 cm³/mol. The molecule has 0 saturated carbocycles. The normalized spacial score (nSPS) is 10.9. The molecule has 0 radical (unpaired) electrons. The summed E-state index contributed by atoms with van der Waals surface area (Å²) in [5, 5.41) is 18.5. The van der Waals surface area contributed by atoms with Gasteiger partial charge in [-0.15, -0.1) is 11.3 Å². The van der Waals surface area contributed by atoms with Gasteiger partial charge in [0.05, 0.1) is 23.3 Å². The average Bonchev–Trinajstić information content (AvgIpc) is 3.06. The van der Waals surface area contributed by atoms with Gasteiger partial charge in [0.1, 0.15) is 10.8 Å². The summed E-state index contributed by atoms with van der Waals surface area (Å²) in [6.07, 6.45) is 1.34. The highest BCUT2D eigenvalue weighted by Gasteiger charge is 2.25. The van der Waals surface area contributed by atoms with Crippen LogP contribution in [0, 0.1) is 6.92 Å². The van der Waals surface area contributed by atoms with Crippen LogP contribution in [0.2, 0.25) is 0 Å². The van der Waals surface area contributed by atoms with E-state index in [0.717, 1.165) is 22.1 Å². The number of hydrazone groups is 1. The minimum absolute atomic E-state index is 0.0224. The number of phenols is 1. The van der Waals surface area contributed by atoms with E-state index in [1.54, 1.807) is 26.0 Å². The minimum Gasteiger partial charge on any atom is -0.507 e. The Hall–Kier alpha value is -3.72. The number of ketones is 1. The van der Waals surface area contributed by atoms with Crippen LogP contribution in [0.1, 0.15) is 45.0 Å². The van der Waals surface area contributed by atoms with Crippen molar-refractivity contribution in [3.63, 3.8) is 0 Å². The van der Waals surface area contributed by atoms with Crippen LogP contribution in [0.3, 0.4) is 0 Å². The van der Waals surface area contributed by atoms with Crippen molar-refractivity contribution in [1.82, 2.24) is 5.43 Å². The van der Waals surface area contributed by atoms with Gasteiger partial charge >= 0.3 is 12.0 Å². The summed E-state index contributed by atoms with van der Waals surface area (Å²) < 4.78 is 5.04. The van der Waals surface area contributed by atoms with Gasteiger partial charge in [-0.1, -0.05) is 30.3 Å². The van der Waals surface area contributed by atoms with Gasteiger partial charge in [-0.05, 0) is 43.2 Å². The topological polar surface area (TPSA) is 117 Å². The fourth-order valence-electron chi connectivity index (χ4n) is 3.09. The Morgan fingerprint density at radius 3 is 2.65 bits per heavy atom. The molecule has 0 aliphatic rings. The third-order valence-electron chi connectivity index (χ3n) is 4.48. The van der Waals surface area contributed by atoms with Crippen molar-refractivity contribution in [2.45, 2.75) is 20.8 Å². The fourth-order valence-corrected chi connectivity index (χ4v) is 4.18. The van der Waals surface area contributed by atoms with E-state index in [4.69, 9.17) is 4.74 Å². The molecule has 9 heteroatoms. The van der Waals surface area contributed by atoms with Crippen molar-refractivity contribution in [3.05, 3.63) is 58.0 Å². The van der Waals surface area contributed by atoms with E-state index in [0.29, 0.717) is 16.0 Å². The van der Waals surface area contributed by atoms with Crippen LogP contribution < -0.4 is 10.7 Å². The number of phenolic OH excluding ortho intramolecular Hbond substituents is 1. The fraction of sp³-hybridized carbons (Fsp3) is 0.182. The molecule has 31 heavy (non-hydrogen) atoms. The van der Waals surface area contributed by atoms with Crippen molar-refractivity contribution in [2.75, 3.05) is 11.9 Å². The second kappa shape index (κ2) is 9.40. The molecule has 0 aliphatic carbocycles. The molecular formula is C22H21N3O5S. The number of carbonyl (C=O) groups excluding carboxylic acids is 3. The summed E-state index contributed by atoms with van der Waals surface area (Å²) in [5.41, 5.74) is 3.36. The van der Waals surface area contributed by atoms with Gasteiger partial charge in [-0.3, -0.25) is 10.1 Å². The van der Waals surface area contributed by atoms with Crippen molar-refractivity contribution < 1.29 is 24.2 Å². The molecule has 0 saturated heterocycles. The Bertz CT molecular complexity index is 1200. The van der Waals surface area contributed by atoms with Gasteiger partial charge in [0.2, 0.25) is 0 Å². The number of ether oxygens (including phenoxy) is 1. The molecular weight excluding hydrogens is 418 g/mol. The largest absolute Gasteiger partial charge is 0.507 e. The molecule has 3 N–H and O–H groups in total. The van der Waals surface area contributed by atoms with E-state index < -0.39 is 12.0 Å². The Morgan fingerprint density at radius 2 is 1.94 bits per heavy atom. The molecule has 1 aromatic heterocycles. The summed E-state index contributed by atoms with van der Waals surface area (Å²) in [6.45, 7) is 4.85. The molecule has 2 amide bonds. The highest BCUT2D eigenvalue weighted by molar-refractivity contribution is 7.18. The highest BCUT2D eigenvalue weighted by Crippen LogP contribution is 2.34. The van der Waals surface area contributed by atoms with E-state index in [-0.39, 0.29) is 28.7 Å². The number of anilines is 1. The number of thiophene rings is 1. The van der Waals surface area contributed by atoms with Crippen molar-refractivity contribution >= 4 is 51.1 Å². The number of carbonyl (C=O) groups is 3. The lowest BCUT2D eigenvalue weighted by molar-refractivity contribution is 0.0527. The minimum atomic E-state index is -0.710. The Morgan fingerprint density at radius 1 is 1.19 bits per heavy atom. The average molecular weight is 439 g/mol. The summed E-state index contributed by atoms with van der Waals surface area (Å²) >= 11 is 0.997. The maximum absolute atomic E-state index is 12.3. The maximum Gasteiger partial charge on any atom is 0.341 e. The Kier molecular flexibility index (Phi) is 6.66. The van der Waals surface area contributed by atoms with Gasteiger partial charge in [0, 0.05) is 5.56 Å². The number of nitrogens with zero attached hydrogens (tertiary/aromatic N) is 1. The highest BCUT2D eigenvalue weighted by atomic mass is 32.1. The second-order valence-corrected chi connectivity index (χ2v) is 7.60. The standard InChI is InChI=1S/C22H21N3O5S/c1-4-30-21(28)18-12(2)19(13(3)26)31-20(18)24-22(29)25-23-11-16-15-8-6-5-7-14(15)9-10-17(16)27/h5-11,27H,4H2,1-3H3,(H2,24,25,29). The Labute approximate surface area is 182 Å². The summed E-state index contributed by atoms with van der Waals surface area (Å²) in [5.74, 6) is -0.816. The SMILES string of the molecule is CCOC(=O)c1c(NC(=O)NN=Cc2c(O)ccc3ccccc23)sc(C(C)=O)c1C. The summed E-state index contributed by atoms with van der Waals surface area (Å²) in [7, 11) is 0. The van der Waals surface area contributed by atoms with Crippen LogP contribution in [0.15, 0.2) is 41.5 Å². The number of hydrogen-bond acceptors (Lipinski definition) is 7. The number of nitrogens with one attached hydrogen (secondary N) is 2. The van der Waals surface area contributed by atoms with Crippen LogP contribution in [0.25, 0.3) is 10.8 Å². The lowest BCUT2D eigenvalue weighted by Gasteiger charge is -2.07. The third-order valence-corrected chi connectivity index (χ3v) is 5.79. The third kappa shape index (κ3) is 4.72. The molecule has 3 rings (SSSR count). The van der Waals surface area contributed by atoms with Crippen LogP contribution >= 0.6 is 11.3 Å². The van der Waals surface area contributed by atoms with Gasteiger partial charge in [0.15, 0.2) is 5.78 Å². The number of fused-ring (bicyclic) bond motifs is 1. The number of esters is 1. The first kappa shape index (κ1) is 22.0. The zero-order valence-electron chi connectivity index (χ0n) is 17.2. The molecule has 8 nitrogen and oxygen atoms in total. The maximum atomic E-state index is 12.3. The lowest BCUT2D eigenvalue weighted by Crippen LogP contribution is -2.24. The predicted octanol–water partition coefficient (Wildman–Crippen LogP) is 4.45. The van der Waals surface area contributed by atoms with E-state index in [9.17, 15) is 19.5 Å². The summed E-state index contributed by atoms with van der Waals surface area (Å²) in [4.78, 5) is 36.9. The molecule has 3 aromatic rings. The van der Waals surface area contributed by atoms with E-state index in [1.165, 1.54) is 13.1 Å². The van der Waals surface area contributed by atoms with Crippen molar-refractivity contribution in [2.24, 2.45) is 5.10 Å². The number of Topliss-reactive ketones (excluding diaryl/α,β-unsaturated/α-hetero) is 1. The number of aromatic hydroxyl groups is 1. The number of hydrogen-bond donors (Lipinski definition) is 3. The van der Waals surface area contributed by atoms with Crippen LogP contribution in [0.5, 0.6) is 5.75 Å². The van der Waals surface area contributed by atoms with Crippen LogP contribution in [-0.2, 0) is 4.74 Å². The van der Waals surface area contributed by atoms with Crippen LogP contribution in [-0.4, -0.2) is 35.7 Å². The number of benzene rings is 2. The summed E-state index contributed by atoms with van der Waals surface area (Å²) in [6, 6.07) is 10.1. The first-order chi connectivity index (χ1) is 14.8. The first-order valence-corrected chi connectivity index (χ1v) is 10.3. The zero-order valence-corrected chi connectivity index (χ0v) is 18.0. The molecule has 0 fully saturated rings. The molecule has 0 bridgehead atoms. The van der Waals surface area contributed by atoms with Gasteiger partial charge in [0.25, 0.3) is 0 Å². The van der Waals surface area contributed by atoms with E-state index in [1.807, 2.05) is 24.3 Å². The monoisotopic (exact) mass is 439 g/mol. The van der Waals surface area contributed by atoms with Crippen LogP contribution in [0.4, 0.5) is 9.80 Å². The van der Waals surface area contributed by atoms with Crippen molar-refractivity contribution in [1.29, 1.82) is 0 Å².